The number of aromatic carboxylic acids is 1. The minimum Gasteiger partial charge on any atom is -0.478 e. The van der Waals surface area contributed by atoms with Crippen LogP contribution in [0.4, 0.5) is 23.1 Å². The van der Waals surface area contributed by atoms with Gasteiger partial charge in [-0.2, -0.15) is 4.98 Å². The average molecular weight is 570 g/mol. The fourth-order valence-electron chi connectivity index (χ4n) is 5.53. The summed E-state index contributed by atoms with van der Waals surface area (Å²) >= 11 is 0. The fraction of sp³-hybridized carbons (Fsp3) is 0.355. The van der Waals surface area contributed by atoms with E-state index in [9.17, 15) is 14.4 Å². The highest BCUT2D eigenvalue weighted by molar-refractivity contribution is 5.99. The molecule has 1 aliphatic rings. The second-order valence-corrected chi connectivity index (χ2v) is 10.8. The number of aromatic nitrogens is 4. The van der Waals surface area contributed by atoms with Crippen LogP contribution in [0.5, 0.6) is 0 Å². The van der Waals surface area contributed by atoms with Gasteiger partial charge in [-0.25, -0.2) is 14.8 Å². The lowest BCUT2D eigenvalue weighted by atomic mass is 10.0. The maximum atomic E-state index is 13.4. The van der Waals surface area contributed by atoms with Crippen molar-refractivity contribution in [2.75, 3.05) is 42.3 Å². The van der Waals surface area contributed by atoms with Crippen molar-refractivity contribution < 1.29 is 14.7 Å². The van der Waals surface area contributed by atoms with E-state index in [1.807, 2.05) is 26.2 Å². The Hall–Kier alpha value is -4.80. The zero-order valence-electron chi connectivity index (χ0n) is 24.3. The first-order valence-electron chi connectivity index (χ1n) is 14.1. The summed E-state index contributed by atoms with van der Waals surface area (Å²) in [7, 11) is 3.95. The summed E-state index contributed by atoms with van der Waals surface area (Å²) < 4.78 is 1.70. The van der Waals surface area contributed by atoms with Crippen LogP contribution in [0.15, 0.2) is 53.6 Å². The van der Waals surface area contributed by atoms with Gasteiger partial charge in [0, 0.05) is 50.5 Å². The van der Waals surface area contributed by atoms with E-state index in [4.69, 9.17) is 10.1 Å². The third-order valence-corrected chi connectivity index (χ3v) is 8.00. The first kappa shape index (κ1) is 28.7. The average Bonchev–Trinajstić information content (AvgIpc) is 3.50. The van der Waals surface area contributed by atoms with Crippen LogP contribution < -0.4 is 20.7 Å². The summed E-state index contributed by atoms with van der Waals surface area (Å²) in [5.41, 5.74) is 3.20. The van der Waals surface area contributed by atoms with Crippen LogP contribution in [-0.4, -0.2) is 63.6 Å². The molecule has 1 fully saturated rings. The quantitative estimate of drug-likeness (QED) is 0.256. The molecule has 5 rings (SSSR count). The molecule has 1 aromatic carbocycles. The van der Waals surface area contributed by atoms with Gasteiger partial charge >= 0.3 is 5.97 Å². The Labute approximate surface area is 243 Å². The lowest BCUT2D eigenvalue weighted by Crippen LogP contribution is -2.30. The summed E-state index contributed by atoms with van der Waals surface area (Å²) in [5.74, 6) is -0.297. The smallest absolute Gasteiger partial charge is 0.335 e. The number of anilines is 4. The number of carboxylic acid groups (broad SMARTS) is 1. The van der Waals surface area contributed by atoms with Crippen molar-refractivity contribution >= 4 is 45.9 Å². The second-order valence-electron chi connectivity index (χ2n) is 10.8. The Morgan fingerprint density at radius 3 is 2.21 bits per heavy atom. The number of Topliss-reactive ketones (excluding diaryl/α,β-unsaturated/α-hetero) is 1. The van der Waals surface area contributed by atoms with Crippen LogP contribution in [0.25, 0.3) is 11.0 Å². The standard InChI is InChI=1S/C31H35N7O4/c1-19-25-18-33-31(35-28(25)38(23-7-5-6-8-23)29(40)27(19)20(2)39)34-26-14-13-24(17-32-26)37(4)16-15-36(3)22-11-9-21(10-12-22)30(41)42/h9-14,17-18,23H,5-8,15-16H2,1-4H3,(H,41,42)(H,32,33,34,35). The van der Waals surface area contributed by atoms with E-state index in [2.05, 4.69) is 25.1 Å². The number of carboxylic acids is 1. The van der Waals surface area contributed by atoms with Crippen molar-refractivity contribution in [1.82, 2.24) is 19.5 Å². The van der Waals surface area contributed by atoms with E-state index in [0.717, 1.165) is 50.1 Å². The number of pyridine rings is 2. The van der Waals surface area contributed by atoms with Crippen LogP contribution >= 0.6 is 0 Å². The van der Waals surface area contributed by atoms with Crippen molar-refractivity contribution in [2.45, 2.75) is 45.6 Å². The number of carbonyl (C=O) groups excluding carboxylic acids is 1. The van der Waals surface area contributed by atoms with Gasteiger partial charge in [0.25, 0.3) is 5.56 Å². The summed E-state index contributed by atoms with van der Waals surface area (Å²) in [4.78, 5) is 54.8. The summed E-state index contributed by atoms with van der Waals surface area (Å²) in [6, 6.07) is 10.6. The molecule has 11 heteroatoms. The Morgan fingerprint density at radius 1 is 0.976 bits per heavy atom. The second kappa shape index (κ2) is 12.0. The van der Waals surface area contributed by atoms with Crippen LogP contribution in [0, 0.1) is 6.92 Å². The maximum Gasteiger partial charge on any atom is 0.335 e. The molecule has 0 aliphatic heterocycles. The molecule has 11 nitrogen and oxygen atoms in total. The number of nitrogens with one attached hydrogen (secondary N) is 1. The van der Waals surface area contributed by atoms with Crippen molar-refractivity contribution in [3.8, 4) is 0 Å². The molecule has 0 amide bonds. The Kier molecular flexibility index (Phi) is 8.19. The van der Waals surface area contributed by atoms with E-state index >= 15 is 0 Å². The molecule has 1 saturated carbocycles. The molecule has 3 heterocycles. The molecule has 0 bridgehead atoms. The van der Waals surface area contributed by atoms with E-state index < -0.39 is 5.97 Å². The molecular formula is C31H35N7O4. The third kappa shape index (κ3) is 5.81. The molecule has 4 aromatic rings. The predicted molar refractivity (Wildman–Crippen MR) is 164 cm³/mol. The molecule has 218 valence electrons. The van der Waals surface area contributed by atoms with E-state index in [0.29, 0.717) is 28.4 Å². The summed E-state index contributed by atoms with van der Waals surface area (Å²) in [5, 5.41) is 13.0. The molecule has 0 spiro atoms. The molecule has 0 unspecified atom stereocenters. The maximum absolute atomic E-state index is 13.4. The van der Waals surface area contributed by atoms with Gasteiger partial charge in [0.2, 0.25) is 5.95 Å². The molecule has 0 saturated heterocycles. The molecule has 1 aliphatic carbocycles. The van der Waals surface area contributed by atoms with Crippen molar-refractivity contribution in [3.05, 3.63) is 75.8 Å². The molecule has 0 radical (unpaired) electrons. The highest BCUT2D eigenvalue weighted by Gasteiger charge is 2.26. The molecule has 0 atom stereocenters. The van der Waals surface area contributed by atoms with Gasteiger partial charge in [0.1, 0.15) is 11.5 Å². The Morgan fingerprint density at radius 2 is 1.62 bits per heavy atom. The van der Waals surface area contributed by atoms with Gasteiger partial charge in [-0.05, 0) is 68.7 Å². The fourth-order valence-corrected chi connectivity index (χ4v) is 5.53. The van der Waals surface area contributed by atoms with Gasteiger partial charge in [-0.3, -0.25) is 14.2 Å². The van der Waals surface area contributed by atoms with Crippen molar-refractivity contribution in [2.24, 2.45) is 0 Å². The minimum absolute atomic E-state index is 0.0116. The highest BCUT2D eigenvalue weighted by atomic mass is 16.4. The first-order valence-corrected chi connectivity index (χ1v) is 14.1. The largest absolute Gasteiger partial charge is 0.478 e. The van der Waals surface area contributed by atoms with Crippen LogP contribution in [0.3, 0.4) is 0 Å². The molecule has 2 N–H and O–H groups in total. The van der Waals surface area contributed by atoms with Crippen LogP contribution in [-0.2, 0) is 0 Å². The normalized spacial score (nSPS) is 13.3. The number of hydrogen-bond donors (Lipinski definition) is 2. The number of likely N-dealkylation sites (N-methyl/N-ethyl adjacent to an activating group) is 2. The number of rotatable bonds is 10. The van der Waals surface area contributed by atoms with E-state index in [1.54, 1.807) is 48.1 Å². The van der Waals surface area contributed by atoms with Crippen LogP contribution in [0.1, 0.15) is 64.9 Å². The van der Waals surface area contributed by atoms with E-state index in [1.165, 1.54) is 6.92 Å². The first-order chi connectivity index (χ1) is 20.1. The lowest BCUT2D eigenvalue weighted by Gasteiger charge is -2.25. The Balaban J connectivity index is 1.30. The van der Waals surface area contributed by atoms with Crippen LogP contribution in [0.2, 0.25) is 0 Å². The lowest BCUT2D eigenvalue weighted by molar-refractivity contribution is 0.0696. The predicted octanol–water partition coefficient (Wildman–Crippen LogP) is 4.83. The molecule has 3 aromatic heterocycles. The van der Waals surface area contributed by atoms with Crippen molar-refractivity contribution in [1.29, 1.82) is 0 Å². The number of aryl methyl sites for hydroxylation is 1. The summed E-state index contributed by atoms with van der Waals surface area (Å²) in [6.45, 7) is 4.65. The van der Waals surface area contributed by atoms with Crippen molar-refractivity contribution in [3.63, 3.8) is 0 Å². The number of fused-ring (bicyclic) bond motifs is 1. The third-order valence-electron chi connectivity index (χ3n) is 8.00. The Bertz CT molecular complexity index is 1680. The van der Waals surface area contributed by atoms with Gasteiger partial charge in [-0.15, -0.1) is 0 Å². The minimum atomic E-state index is -0.941. The van der Waals surface area contributed by atoms with E-state index in [-0.39, 0.29) is 28.5 Å². The number of hydrogen-bond acceptors (Lipinski definition) is 9. The van der Waals surface area contributed by atoms with Gasteiger partial charge in [-0.1, -0.05) is 12.8 Å². The summed E-state index contributed by atoms with van der Waals surface area (Å²) in [6.07, 6.45) is 7.28. The highest BCUT2D eigenvalue weighted by Crippen LogP contribution is 2.32. The monoisotopic (exact) mass is 569 g/mol. The number of nitrogens with zero attached hydrogens (tertiary/aromatic N) is 6. The number of benzene rings is 1. The zero-order chi connectivity index (χ0) is 30.0. The number of carbonyl (C=O) groups is 2. The molecule has 42 heavy (non-hydrogen) atoms. The number of ketones is 1. The van der Waals surface area contributed by atoms with Gasteiger partial charge in [0.15, 0.2) is 5.78 Å². The zero-order valence-corrected chi connectivity index (χ0v) is 24.3. The SMILES string of the molecule is CC(=O)c1c(C)c2cnc(Nc3ccc(N(C)CCN(C)c4ccc(C(=O)O)cc4)cn3)nc2n(C2CCCC2)c1=O. The molecular weight excluding hydrogens is 534 g/mol. The topological polar surface area (TPSA) is 134 Å². The van der Waals surface area contributed by atoms with Gasteiger partial charge in [0.05, 0.1) is 23.0 Å². The van der Waals surface area contributed by atoms with Gasteiger partial charge < -0.3 is 20.2 Å².